The topological polar surface area (TPSA) is 141 Å². The lowest BCUT2D eigenvalue weighted by atomic mass is 10.1. The average molecular weight is 455 g/mol. The van der Waals surface area contributed by atoms with Crippen molar-refractivity contribution >= 4 is 29.6 Å². The number of anilines is 1. The van der Waals surface area contributed by atoms with Gasteiger partial charge in [0.1, 0.15) is 18.2 Å². The van der Waals surface area contributed by atoms with E-state index in [1.165, 1.54) is 19.1 Å². The number of hydrogen-bond acceptors (Lipinski definition) is 8. The number of cyclic esters (lactones) is 1. The van der Waals surface area contributed by atoms with E-state index in [9.17, 15) is 14.4 Å². The Morgan fingerprint density at radius 1 is 1.06 bits per heavy atom. The van der Waals surface area contributed by atoms with Gasteiger partial charge in [-0.3, -0.25) is 19.9 Å². The van der Waals surface area contributed by atoms with E-state index in [-0.39, 0.29) is 31.8 Å². The number of hydrogen-bond donors (Lipinski definition) is 2. The number of amidine groups is 1. The molecule has 3 rings (SSSR count). The van der Waals surface area contributed by atoms with Crippen LogP contribution >= 0.6 is 0 Å². The highest BCUT2D eigenvalue weighted by Crippen LogP contribution is 2.24. The quantitative estimate of drug-likeness (QED) is 0.252. The molecule has 0 saturated carbocycles. The number of nitrogens with two attached hydrogens (primary N) is 1. The molecule has 3 N–H and O–H groups in total. The fourth-order valence-electron chi connectivity index (χ4n) is 3.32. The molecule has 174 valence electrons. The molecule has 1 atom stereocenters. The average Bonchev–Trinajstić information content (AvgIpc) is 3.17. The minimum Gasteiger partial charge on any atom is -0.490 e. The molecule has 1 aliphatic heterocycles. The maximum atomic E-state index is 12.3. The first kappa shape index (κ1) is 23.6. The molecular formula is C23H25N3O7. The second kappa shape index (κ2) is 10.5. The Morgan fingerprint density at radius 2 is 1.64 bits per heavy atom. The van der Waals surface area contributed by atoms with E-state index in [0.29, 0.717) is 28.1 Å². The van der Waals surface area contributed by atoms with Gasteiger partial charge in [0.25, 0.3) is 0 Å². The molecule has 10 nitrogen and oxygen atoms in total. The van der Waals surface area contributed by atoms with Gasteiger partial charge in [-0.05, 0) is 47.5 Å². The summed E-state index contributed by atoms with van der Waals surface area (Å²) < 4.78 is 20.7. The second-order valence-corrected chi connectivity index (χ2v) is 7.38. The fourth-order valence-corrected chi connectivity index (χ4v) is 3.32. The third-order valence-corrected chi connectivity index (χ3v) is 4.98. The fraction of sp³-hybridized carbons (Fsp3) is 0.304. The summed E-state index contributed by atoms with van der Waals surface area (Å²) in [5.41, 5.74) is 7.88. The summed E-state index contributed by atoms with van der Waals surface area (Å²) in [4.78, 5) is 37.1. The van der Waals surface area contributed by atoms with Crippen molar-refractivity contribution in [3.63, 3.8) is 0 Å². The summed E-state index contributed by atoms with van der Waals surface area (Å²) in [6.45, 7) is 0.349. The summed E-state index contributed by atoms with van der Waals surface area (Å²) in [6.07, 6.45) is -1.00. The lowest BCUT2D eigenvalue weighted by molar-refractivity contribution is -0.140. The Balaban J connectivity index is 1.68. The molecule has 0 bridgehead atoms. The van der Waals surface area contributed by atoms with Crippen molar-refractivity contribution in [3.05, 3.63) is 59.2 Å². The maximum absolute atomic E-state index is 12.3. The number of esters is 2. The predicted molar refractivity (Wildman–Crippen MR) is 118 cm³/mol. The smallest absolute Gasteiger partial charge is 0.414 e. The Hall–Kier alpha value is -4.08. The molecule has 0 aliphatic carbocycles. The molecule has 2 aromatic carbocycles. The molecule has 1 amide bonds. The number of rotatable bonds is 9. The highest BCUT2D eigenvalue weighted by molar-refractivity contribution is 5.96. The normalized spacial score (nSPS) is 15.0. The Labute approximate surface area is 190 Å². The first-order chi connectivity index (χ1) is 15.8. The van der Waals surface area contributed by atoms with Gasteiger partial charge in [0.05, 0.1) is 33.6 Å². The molecule has 1 aliphatic rings. The van der Waals surface area contributed by atoms with Crippen LogP contribution in [0.3, 0.4) is 0 Å². The predicted octanol–water partition coefficient (Wildman–Crippen LogP) is 1.81. The highest BCUT2D eigenvalue weighted by atomic mass is 16.6. The SMILES string of the molecule is COC(=O)Cc1cc(CC(=O)OC)cc(OCC2CN(c3ccc(C(=N)N)cc3)C(=O)O2)c1. The monoisotopic (exact) mass is 455 g/mol. The summed E-state index contributed by atoms with van der Waals surface area (Å²) in [5, 5.41) is 7.46. The van der Waals surface area contributed by atoms with Crippen LogP contribution in [0.2, 0.25) is 0 Å². The van der Waals surface area contributed by atoms with E-state index >= 15 is 0 Å². The molecular weight excluding hydrogens is 430 g/mol. The highest BCUT2D eigenvalue weighted by Gasteiger charge is 2.33. The number of carbonyl (C=O) groups is 3. The van der Waals surface area contributed by atoms with Crippen molar-refractivity contribution in [2.75, 3.05) is 32.3 Å². The zero-order valence-corrected chi connectivity index (χ0v) is 18.3. The Morgan fingerprint density at radius 3 is 2.15 bits per heavy atom. The molecule has 10 heteroatoms. The zero-order chi connectivity index (χ0) is 24.0. The van der Waals surface area contributed by atoms with E-state index in [0.717, 1.165) is 0 Å². The second-order valence-electron chi connectivity index (χ2n) is 7.38. The number of methoxy groups -OCH3 is 2. The molecule has 0 radical (unpaired) electrons. The molecule has 33 heavy (non-hydrogen) atoms. The standard InChI is InChI=1S/C23H25N3O7/c1-30-20(27)10-14-7-15(11-21(28)31-2)9-18(8-14)32-13-19-12-26(23(29)33-19)17-5-3-16(4-6-17)22(24)25/h3-9,19H,10-13H2,1-2H3,(H3,24,25). The lowest BCUT2D eigenvalue weighted by Crippen LogP contribution is -2.26. The first-order valence-electron chi connectivity index (χ1n) is 10.1. The third kappa shape index (κ3) is 6.22. The van der Waals surface area contributed by atoms with Gasteiger partial charge < -0.3 is 24.7 Å². The van der Waals surface area contributed by atoms with Gasteiger partial charge in [0.15, 0.2) is 6.10 Å². The van der Waals surface area contributed by atoms with E-state index in [1.807, 2.05) is 0 Å². The van der Waals surface area contributed by atoms with Crippen LogP contribution < -0.4 is 15.4 Å². The number of nitrogen functional groups attached to an aromatic ring is 1. The van der Waals surface area contributed by atoms with Crippen molar-refractivity contribution in [3.8, 4) is 5.75 Å². The van der Waals surface area contributed by atoms with Crippen molar-refractivity contribution in [1.29, 1.82) is 5.41 Å². The van der Waals surface area contributed by atoms with Gasteiger partial charge in [-0.15, -0.1) is 0 Å². The molecule has 0 aromatic heterocycles. The van der Waals surface area contributed by atoms with Gasteiger partial charge in [0, 0.05) is 11.3 Å². The van der Waals surface area contributed by atoms with Crippen LogP contribution in [0, 0.1) is 5.41 Å². The van der Waals surface area contributed by atoms with E-state index in [1.54, 1.807) is 42.5 Å². The molecule has 1 saturated heterocycles. The van der Waals surface area contributed by atoms with E-state index in [4.69, 9.17) is 30.1 Å². The van der Waals surface area contributed by atoms with Crippen molar-refractivity contribution < 1.29 is 33.3 Å². The van der Waals surface area contributed by atoms with Crippen LogP contribution in [0.4, 0.5) is 10.5 Å². The number of carbonyl (C=O) groups excluding carboxylic acids is 3. The first-order valence-corrected chi connectivity index (χ1v) is 10.1. The summed E-state index contributed by atoms with van der Waals surface area (Å²) >= 11 is 0. The lowest BCUT2D eigenvalue weighted by Gasteiger charge is -2.14. The number of nitrogens with one attached hydrogen (secondary N) is 1. The number of amides is 1. The molecule has 1 fully saturated rings. The Bertz CT molecular complexity index is 1020. The van der Waals surface area contributed by atoms with Crippen LogP contribution in [0.1, 0.15) is 16.7 Å². The number of ether oxygens (including phenoxy) is 4. The maximum Gasteiger partial charge on any atom is 0.414 e. The molecule has 1 unspecified atom stereocenters. The third-order valence-electron chi connectivity index (χ3n) is 4.98. The molecule has 0 spiro atoms. The van der Waals surface area contributed by atoms with Crippen LogP contribution in [0.15, 0.2) is 42.5 Å². The summed E-state index contributed by atoms with van der Waals surface area (Å²) in [5.74, 6) is -0.479. The minimum atomic E-state index is -0.529. The number of benzene rings is 2. The van der Waals surface area contributed by atoms with Gasteiger partial charge >= 0.3 is 18.0 Å². The molecule has 2 aromatic rings. The van der Waals surface area contributed by atoms with Crippen molar-refractivity contribution in [1.82, 2.24) is 0 Å². The van der Waals surface area contributed by atoms with Crippen LogP contribution in [-0.4, -0.2) is 57.3 Å². The van der Waals surface area contributed by atoms with Gasteiger partial charge in [-0.2, -0.15) is 0 Å². The van der Waals surface area contributed by atoms with Crippen molar-refractivity contribution in [2.24, 2.45) is 5.73 Å². The Kier molecular flexibility index (Phi) is 7.50. The van der Waals surface area contributed by atoms with Crippen molar-refractivity contribution in [2.45, 2.75) is 18.9 Å². The van der Waals surface area contributed by atoms with Gasteiger partial charge in [-0.25, -0.2) is 4.79 Å². The van der Waals surface area contributed by atoms with Crippen LogP contribution in [0.25, 0.3) is 0 Å². The van der Waals surface area contributed by atoms with Gasteiger partial charge in [-0.1, -0.05) is 6.07 Å². The summed E-state index contributed by atoms with van der Waals surface area (Å²) in [6, 6.07) is 11.8. The van der Waals surface area contributed by atoms with Crippen LogP contribution in [0.5, 0.6) is 5.75 Å². The minimum absolute atomic E-state index is 0.0182. The summed E-state index contributed by atoms with van der Waals surface area (Å²) in [7, 11) is 2.60. The largest absolute Gasteiger partial charge is 0.490 e. The van der Waals surface area contributed by atoms with Crippen LogP contribution in [-0.2, 0) is 36.6 Å². The van der Waals surface area contributed by atoms with E-state index < -0.39 is 24.1 Å². The van der Waals surface area contributed by atoms with E-state index in [2.05, 4.69) is 0 Å². The molecule has 1 heterocycles. The number of nitrogens with zero attached hydrogens (tertiary/aromatic N) is 1. The zero-order valence-electron chi connectivity index (χ0n) is 18.3. The van der Waals surface area contributed by atoms with Gasteiger partial charge in [0.2, 0.25) is 0 Å².